The van der Waals surface area contributed by atoms with E-state index in [2.05, 4.69) is 66.1 Å². The van der Waals surface area contributed by atoms with Gasteiger partial charge in [-0.05, 0) is 58.6 Å². The van der Waals surface area contributed by atoms with Crippen molar-refractivity contribution in [3.05, 3.63) is 125 Å². The lowest BCUT2D eigenvalue weighted by Gasteiger charge is -2.12. The van der Waals surface area contributed by atoms with Crippen molar-refractivity contribution in [2.24, 2.45) is 0 Å². The van der Waals surface area contributed by atoms with Crippen molar-refractivity contribution in [1.82, 2.24) is 0 Å². The second-order valence-electron chi connectivity index (χ2n) is 7.48. The standard InChI is InChI=1S/C31H20O/c1-32-31-29(19-17-24-12-6-3-7-13-24)27(18-16-23-10-4-2-5-11-23)21-28-20-25-14-8-9-15-26(25)22-30(28)31/h2-15,20-22H,1H3. The molecule has 5 aromatic rings. The summed E-state index contributed by atoms with van der Waals surface area (Å²) in [5.41, 5.74) is 3.58. The van der Waals surface area contributed by atoms with Gasteiger partial charge in [0.15, 0.2) is 0 Å². The van der Waals surface area contributed by atoms with Gasteiger partial charge in [-0.3, -0.25) is 0 Å². The SMILES string of the molecule is COc1c(C#Cc2ccccc2)c(C#Cc2ccccc2)cc2cc3ccccc3cc12. The topological polar surface area (TPSA) is 9.23 Å². The molecule has 0 fully saturated rings. The molecule has 0 aliphatic carbocycles. The van der Waals surface area contributed by atoms with Crippen LogP contribution < -0.4 is 4.74 Å². The third-order valence-corrected chi connectivity index (χ3v) is 5.38. The first kappa shape index (κ1) is 19.5. The van der Waals surface area contributed by atoms with Gasteiger partial charge in [-0.15, -0.1) is 0 Å². The molecule has 0 saturated heterocycles. The van der Waals surface area contributed by atoms with Crippen LogP contribution in [0.5, 0.6) is 5.75 Å². The van der Waals surface area contributed by atoms with Crippen LogP contribution in [-0.2, 0) is 0 Å². The van der Waals surface area contributed by atoms with Gasteiger partial charge in [0.1, 0.15) is 5.75 Å². The predicted octanol–water partition coefficient (Wildman–Crippen LogP) is 6.80. The lowest BCUT2D eigenvalue weighted by molar-refractivity contribution is 0.418. The summed E-state index contributed by atoms with van der Waals surface area (Å²) in [5.74, 6) is 14.0. The maximum absolute atomic E-state index is 5.92. The molecule has 32 heavy (non-hydrogen) atoms. The van der Waals surface area contributed by atoms with Crippen LogP contribution in [0.4, 0.5) is 0 Å². The van der Waals surface area contributed by atoms with Crippen molar-refractivity contribution in [1.29, 1.82) is 0 Å². The third kappa shape index (κ3) is 3.93. The molecule has 0 heterocycles. The molecule has 5 aromatic carbocycles. The summed E-state index contributed by atoms with van der Waals surface area (Å²) in [4.78, 5) is 0. The van der Waals surface area contributed by atoms with Crippen LogP contribution in [0.1, 0.15) is 22.3 Å². The first-order valence-electron chi connectivity index (χ1n) is 10.5. The quantitative estimate of drug-likeness (QED) is 0.219. The van der Waals surface area contributed by atoms with E-state index in [1.807, 2.05) is 60.7 Å². The molecular formula is C31H20O. The Kier molecular flexibility index (Phi) is 5.32. The second-order valence-corrected chi connectivity index (χ2v) is 7.48. The van der Waals surface area contributed by atoms with E-state index in [0.29, 0.717) is 0 Å². The lowest BCUT2D eigenvalue weighted by Crippen LogP contribution is -1.95. The van der Waals surface area contributed by atoms with Gasteiger partial charge in [-0.1, -0.05) is 84.3 Å². The largest absolute Gasteiger partial charge is 0.495 e. The highest BCUT2D eigenvalue weighted by molar-refractivity contribution is 6.02. The molecule has 0 bridgehead atoms. The fourth-order valence-electron chi connectivity index (χ4n) is 3.81. The number of hydrogen-bond acceptors (Lipinski definition) is 1. The normalized spacial score (nSPS) is 10.2. The van der Waals surface area contributed by atoms with Crippen molar-refractivity contribution in [3.8, 4) is 29.4 Å². The molecule has 0 atom stereocenters. The van der Waals surface area contributed by atoms with Crippen LogP contribution in [0.15, 0.2) is 103 Å². The second kappa shape index (κ2) is 8.73. The van der Waals surface area contributed by atoms with Crippen LogP contribution in [0.25, 0.3) is 21.5 Å². The maximum atomic E-state index is 5.92. The molecule has 0 radical (unpaired) electrons. The Hall–Kier alpha value is -4.46. The summed E-state index contributed by atoms with van der Waals surface area (Å²) in [6.45, 7) is 0. The molecule has 0 unspecified atom stereocenters. The Bertz CT molecular complexity index is 1540. The number of ether oxygens (including phenoxy) is 1. The van der Waals surface area contributed by atoms with Gasteiger partial charge in [0, 0.05) is 22.1 Å². The molecule has 5 rings (SSSR count). The minimum absolute atomic E-state index is 0.758. The molecule has 0 aromatic heterocycles. The molecule has 1 heteroatoms. The highest BCUT2D eigenvalue weighted by Gasteiger charge is 2.13. The number of methoxy groups -OCH3 is 1. The predicted molar refractivity (Wildman–Crippen MR) is 133 cm³/mol. The summed E-state index contributed by atoms with van der Waals surface area (Å²) >= 11 is 0. The molecule has 0 aliphatic rings. The summed E-state index contributed by atoms with van der Waals surface area (Å²) < 4.78 is 5.92. The summed E-state index contributed by atoms with van der Waals surface area (Å²) in [6.07, 6.45) is 0. The van der Waals surface area contributed by atoms with E-state index in [-0.39, 0.29) is 0 Å². The van der Waals surface area contributed by atoms with Crippen molar-refractivity contribution in [2.45, 2.75) is 0 Å². The molecule has 150 valence electrons. The van der Waals surface area contributed by atoms with Gasteiger partial charge < -0.3 is 4.74 Å². The van der Waals surface area contributed by atoms with Crippen LogP contribution in [0, 0.1) is 23.7 Å². The third-order valence-electron chi connectivity index (χ3n) is 5.38. The number of fused-ring (bicyclic) bond motifs is 2. The number of rotatable bonds is 1. The summed E-state index contributed by atoms with van der Waals surface area (Å²) in [5, 5.41) is 4.48. The van der Waals surface area contributed by atoms with Gasteiger partial charge in [-0.25, -0.2) is 0 Å². The van der Waals surface area contributed by atoms with Crippen LogP contribution >= 0.6 is 0 Å². The molecular weight excluding hydrogens is 388 g/mol. The highest BCUT2D eigenvalue weighted by atomic mass is 16.5. The first-order valence-corrected chi connectivity index (χ1v) is 10.5. The fraction of sp³-hybridized carbons (Fsp3) is 0.0323. The molecule has 0 amide bonds. The summed E-state index contributed by atoms with van der Waals surface area (Å²) in [7, 11) is 1.70. The monoisotopic (exact) mass is 408 g/mol. The Balaban J connectivity index is 1.78. The Labute approximate surface area is 188 Å². The number of hydrogen-bond donors (Lipinski definition) is 0. The zero-order valence-electron chi connectivity index (χ0n) is 17.7. The van der Waals surface area contributed by atoms with Crippen molar-refractivity contribution >= 4 is 21.5 Å². The van der Waals surface area contributed by atoms with Crippen molar-refractivity contribution < 1.29 is 4.74 Å². The fourth-order valence-corrected chi connectivity index (χ4v) is 3.81. The van der Waals surface area contributed by atoms with E-state index < -0.39 is 0 Å². The van der Waals surface area contributed by atoms with Crippen molar-refractivity contribution in [2.75, 3.05) is 7.11 Å². The minimum Gasteiger partial charge on any atom is -0.495 e. The van der Waals surface area contributed by atoms with E-state index >= 15 is 0 Å². The zero-order chi connectivity index (χ0) is 21.8. The van der Waals surface area contributed by atoms with Crippen LogP contribution in [0.3, 0.4) is 0 Å². The molecule has 0 saturated carbocycles. The lowest BCUT2D eigenvalue weighted by atomic mass is 9.96. The summed E-state index contributed by atoms with van der Waals surface area (Å²) in [6, 6.07) is 34.8. The van der Waals surface area contributed by atoms with E-state index in [9.17, 15) is 0 Å². The van der Waals surface area contributed by atoms with Gasteiger partial charge >= 0.3 is 0 Å². The van der Waals surface area contributed by atoms with Crippen LogP contribution in [0.2, 0.25) is 0 Å². The van der Waals surface area contributed by atoms with Crippen LogP contribution in [-0.4, -0.2) is 7.11 Å². The Morgan fingerprint density at radius 3 is 1.72 bits per heavy atom. The van der Waals surface area contributed by atoms with E-state index in [1.165, 1.54) is 10.8 Å². The number of benzene rings is 5. The van der Waals surface area contributed by atoms with Gasteiger partial charge in [-0.2, -0.15) is 0 Å². The average molecular weight is 409 g/mol. The van der Waals surface area contributed by atoms with E-state index in [0.717, 1.165) is 38.8 Å². The highest BCUT2D eigenvalue weighted by Crippen LogP contribution is 2.35. The molecule has 0 spiro atoms. The van der Waals surface area contributed by atoms with Gasteiger partial charge in [0.05, 0.1) is 12.7 Å². The smallest absolute Gasteiger partial charge is 0.143 e. The first-order chi connectivity index (χ1) is 15.8. The van der Waals surface area contributed by atoms with E-state index in [1.54, 1.807) is 7.11 Å². The van der Waals surface area contributed by atoms with Crippen molar-refractivity contribution in [3.63, 3.8) is 0 Å². The Morgan fingerprint density at radius 1 is 0.531 bits per heavy atom. The van der Waals surface area contributed by atoms with Gasteiger partial charge in [0.2, 0.25) is 0 Å². The molecule has 0 N–H and O–H groups in total. The molecule has 0 aliphatic heterocycles. The Morgan fingerprint density at radius 2 is 1.09 bits per heavy atom. The zero-order valence-corrected chi connectivity index (χ0v) is 17.7. The average Bonchev–Trinajstić information content (AvgIpc) is 2.85. The van der Waals surface area contributed by atoms with E-state index in [4.69, 9.17) is 4.74 Å². The minimum atomic E-state index is 0.758. The maximum Gasteiger partial charge on any atom is 0.143 e. The van der Waals surface area contributed by atoms with Gasteiger partial charge in [0.25, 0.3) is 0 Å². The molecule has 1 nitrogen and oxygen atoms in total.